The number of ether oxygens (including phenoxy) is 3. The van der Waals surface area contributed by atoms with Crippen LogP contribution in [0, 0.1) is 10.1 Å². The molecule has 0 amide bonds. The molecule has 0 radical (unpaired) electrons. The van der Waals surface area contributed by atoms with Crippen LogP contribution in [0.2, 0.25) is 0 Å². The third-order valence-electron chi connectivity index (χ3n) is 3.14. The van der Waals surface area contributed by atoms with E-state index < -0.39 is 40.7 Å². The van der Waals surface area contributed by atoms with Crippen LogP contribution in [-0.4, -0.2) is 48.0 Å². The topological polar surface area (TPSA) is 135 Å². The van der Waals surface area contributed by atoms with Gasteiger partial charge in [-0.2, -0.15) is 0 Å². The van der Waals surface area contributed by atoms with Crippen LogP contribution in [0.5, 0.6) is 5.88 Å². The van der Waals surface area contributed by atoms with E-state index in [9.17, 15) is 24.5 Å². The number of esters is 2. The number of carbonyl (C=O) groups is 3. The predicted octanol–water partition coefficient (Wildman–Crippen LogP) is 1.17. The van der Waals surface area contributed by atoms with Gasteiger partial charge in [-0.15, -0.1) is 0 Å². The summed E-state index contributed by atoms with van der Waals surface area (Å²) in [6.45, 7) is 3.07. The van der Waals surface area contributed by atoms with Gasteiger partial charge in [0.15, 0.2) is 0 Å². The van der Waals surface area contributed by atoms with Crippen LogP contribution in [0.4, 0.5) is 5.69 Å². The molecular formula is C15H18N2O8. The fourth-order valence-corrected chi connectivity index (χ4v) is 2.06. The van der Waals surface area contributed by atoms with E-state index in [0.717, 1.165) is 12.3 Å². The fourth-order valence-electron chi connectivity index (χ4n) is 2.06. The maximum Gasteiger partial charge on any atom is 0.375 e. The number of Topliss-reactive ketones (excluding diaryl/α,β-unsaturated/α-hetero) is 1. The van der Waals surface area contributed by atoms with Crippen molar-refractivity contribution in [2.24, 2.45) is 0 Å². The van der Waals surface area contributed by atoms with Gasteiger partial charge in [0.1, 0.15) is 6.20 Å². The minimum absolute atomic E-state index is 0.00822. The first-order valence-electron chi connectivity index (χ1n) is 7.40. The lowest BCUT2D eigenvalue weighted by Gasteiger charge is -2.15. The molecule has 0 aliphatic rings. The molecular weight excluding hydrogens is 336 g/mol. The van der Waals surface area contributed by atoms with E-state index in [1.807, 2.05) is 0 Å². The first-order chi connectivity index (χ1) is 11.8. The largest absolute Gasteiger partial charge is 0.481 e. The van der Waals surface area contributed by atoms with Crippen LogP contribution < -0.4 is 4.74 Å². The minimum atomic E-state index is -1.45. The summed E-state index contributed by atoms with van der Waals surface area (Å²) in [6, 6.07) is 1.14. The summed E-state index contributed by atoms with van der Waals surface area (Å²) < 4.78 is 14.3. The van der Waals surface area contributed by atoms with Gasteiger partial charge in [0.25, 0.3) is 5.69 Å². The second-order valence-electron chi connectivity index (χ2n) is 4.69. The molecule has 0 spiro atoms. The second-order valence-corrected chi connectivity index (χ2v) is 4.69. The van der Waals surface area contributed by atoms with Crippen molar-refractivity contribution in [3.8, 4) is 5.88 Å². The molecule has 10 heteroatoms. The third kappa shape index (κ3) is 5.23. The standard InChI is InChI=1S/C15H18N2O8/c1-4-24-13(18)7-10(14(19)15(20)25-5-2)9-6-12(23-3)16-8-11(9)17(21)22/h6,8,10H,4-5,7H2,1-3H3. The zero-order valence-corrected chi connectivity index (χ0v) is 14.0. The lowest BCUT2D eigenvalue weighted by atomic mass is 9.91. The first-order valence-corrected chi connectivity index (χ1v) is 7.40. The highest BCUT2D eigenvalue weighted by Crippen LogP contribution is 2.32. The Morgan fingerprint density at radius 1 is 1.24 bits per heavy atom. The van der Waals surface area contributed by atoms with E-state index in [4.69, 9.17) is 9.47 Å². The van der Waals surface area contributed by atoms with E-state index in [-0.39, 0.29) is 24.7 Å². The molecule has 0 saturated carbocycles. The fraction of sp³-hybridized carbons (Fsp3) is 0.467. The molecule has 1 unspecified atom stereocenters. The number of rotatable bonds is 9. The highest BCUT2D eigenvalue weighted by atomic mass is 16.6. The highest BCUT2D eigenvalue weighted by Gasteiger charge is 2.36. The zero-order chi connectivity index (χ0) is 19.0. The smallest absolute Gasteiger partial charge is 0.375 e. The lowest BCUT2D eigenvalue weighted by molar-refractivity contribution is -0.386. The van der Waals surface area contributed by atoms with Crippen molar-refractivity contribution in [1.82, 2.24) is 4.98 Å². The number of carbonyl (C=O) groups excluding carboxylic acids is 3. The number of hydrogen-bond acceptors (Lipinski definition) is 9. The Bertz CT molecular complexity index is 673. The molecule has 10 nitrogen and oxygen atoms in total. The van der Waals surface area contributed by atoms with Gasteiger partial charge >= 0.3 is 11.9 Å². The Balaban J connectivity index is 3.39. The highest BCUT2D eigenvalue weighted by molar-refractivity contribution is 6.36. The van der Waals surface area contributed by atoms with Crippen LogP contribution in [0.3, 0.4) is 0 Å². The Labute approximate surface area is 143 Å². The van der Waals surface area contributed by atoms with Crippen molar-refractivity contribution in [2.45, 2.75) is 26.2 Å². The number of nitro groups is 1. The second kappa shape index (κ2) is 9.30. The summed E-state index contributed by atoms with van der Waals surface area (Å²) in [7, 11) is 1.28. The minimum Gasteiger partial charge on any atom is -0.481 e. The van der Waals surface area contributed by atoms with E-state index >= 15 is 0 Å². The molecule has 0 N–H and O–H groups in total. The Kier molecular flexibility index (Phi) is 7.44. The van der Waals surface area contributed by atoms with Crippen LogP contribution in [0.15, 0.2) is 12.3 Å². The van der Waals surface area contributed by atoms with Gasteiger partial charge < -0.3 is 14.2 Å². The lowest BCUT2D eigenvalue weighted by Crippen LogP contribution is -2.27. The summed E-state index contributed by atoms with van der Waals surface area (Å²) in [5.41, 5.74) is -0.698. The average Bonchev–Trinajstić information content (AvgIpc) is 2.58. The molecule has 1 heterocycles. The van der Waals surface area contributed by atoms with Crippen molar-refractivity contribution in [3.05, 3.63) is 27.9 Å². The average molecular weight is 354 g/mol. The summed E-state index contributed by atoms with van der Waals surface area (Å²) >= 11 is 0. The zero-order valence-electron chi connectivity index (χ0n) is 14.0. The summed E-state index contributed by atoms with van der Waals surface area (Å²) in [5, 5.41) is 11.2. The van der Waals surface area contributed by atoms with E-state index in [2.05, 4.69) is 9.72 Å². The van der Waals surface area contributed by atoms with Crippen molar-refractivity contribution in [1.29, 1.82) is 0 Å². The molecule has 1 rings (SSSR count). The molecule has 0 fully saturated rings. The number of methoxy groups -OCH3 is 1. The van der Waals surface area contributed by atoms with Crippen LogP contribution >= 0.6 is 0 Å². The number of hydrogen-bond donors (Lipinski definition) is 0. The molecule has 136 valence electrons. The van der Waals surface area contributed by atoms with E-state index in [0.29, 0.717) is 0 Å². The summed E-state index contributed by atoms with van der Waals surface area (Å²) in [6.07, 6.45) is 0.338. The van der Waals surface area contributed by atoms with Crippen LogP contribution in [0.1, 0.15) is 31.7 Å². The van der Waals surface area contributed by atoms with Gasteiger partial charge in [0.2, 0.25) is 11.7 Å². The molecule has 0 aromatic carbocycles. The third-order valence-corrected chi connectivity index (χ3v) is 3.14. The Hall–Kier alpha value is -3.04. The van der Waals surface area contributed by atoms with Gasteiger partial charge in [-0.05, 0) is 13.8 Å². The van der Waals surface area contributed by atoms with Gasteiger partial charge in [0.05, 0.1) is 37.6 Å². The Morgan fingerprint density at radius 2 is 1.88 bits per heavy atom. The van der Waals surface area contributed by atoms with Crippen LogP contribution in [-0.2, 0) is 23.9 Å². The van der Waals surface area contributed by atoms with E-state index in [1.165, 1.54) is 14.0 Å². The number of nitrogens with zero attached hydrogens (tertiary/aromatic N) is 2. The van der Waals surface area contributed by atoms with Gasteiger partial charge in [-0.25, -0.2) is 9.78 Å². The monoisotopic (exact) mass is 354 g/mol. The number of pyridine rings is 1. The summed E-state index contributed by atoms with van der Waals surface area (Å²) in [5.74, 6) is -4.52. The SMILES string of the molecule is CCOC(=O)CC(C(=O)C(=O)OCC)c1cc(OC)ncc1[N+](=O)[O-]. The van der Waals surface area contributed by atoms with Crippen LogP contribution in [0.25, 0.3) is 0 Å². The van der Waals surface area contributed by atoms with E-state index in [1.54, 1.807) is 6.92 Å². The molecule has 25 heavy (non-hydrogen) atoms. The van der Waals surface area contributed by atoms with Gasteiger partial charge in [-0.1, -0.05) is 0 Å². The first kappa shape index (κ1) is 20.0. The number of aromatic nitrogens is 1. The van der Waals surface area contributed by atoms with Crippen molar-refractivity contribution in [2.75, 3.05) is 20.3 Å². The quantitative estimate of drug-likeness (QED) is 0.277. The molecule has 0 aliphatic carbocycles. The number of ketones is 1. The molecule has 1 atom stereocenters. The summed E-state index contributed by atoms with van der Waals surface area (Å²) in [4.78, 5) is 50.2. The molecule has 0 aliphatic heterocycles. The maximum atomic E-state index is 12.4. The molecule has 0 saturated heterocycles. The van der Waals surface area contributed by atoms with Crippen molar-refractivity contribution in [3.63, 3.8) is 0 Å². The van der Waals surface area contributed by atoms with Crippen molar-refractivity contribution >= 4 is 23.4 Å². The van der Waals surface area contributed by atoms with Crippen molar-refractivity contribution < 1.29 is 33.5 Å². The molecule has 0 bridgehead atoms. The predicted molar refractivity (Wildman–Crippen MR) is 83.1 cm³/mol. The molecule has 1 aromatic heterocycles. The molecule has 1 aromatic rings. The Morgan fingerprint density at radius 3 is 2.40 bits per heavy atom. The van der Waals surface area contributed by atoms with Gasteiger partial charge in [-0.3, -0.25) is 19.7 Å². The maximum absolute atomic E-state index is 12.4. The normalized spacial score (nSPS) is 11.3. The van der Waals surface area contributed by atoms with Gasteiger partial charge in [0, 0.05) is 11.6 Å².